The van der Waals surface area contributed by atoms with Crippen LogP contribution < -0.4 is 10.6 Å². The SMILES string of the molecule is Cc1cccc(C(Cc2ccc(F)cc2)NC(=O)NCCF)c1. The number of alkyl halides is 1. The number of nitrogens with one attached hydrogen (secondary N) is 2. The second-order valence-electron chi connectivity index (χ2n) is 5.39. The molecule has 0 bridgehead atoms. The molecular weight excluding hydrogens is 298 g/mol. The zero-order chi connectivity index (χ0) is 16.7. The molecule has 3 nitrogen and oxygen atoms in total. The van der Waals surface area contributed by atoms with Crippen molar-refractivity contribution in [3.8, 4) is 0 Å². The van der Waals surface area contributed by atoms with E-state index >= 15 is 0 Å². The molecule has 0 aliphatic heterocycles. The standard InChI is InChI=1S/C18H20F2N2O/c1-13-3-2-4-15(11-13)17(22-18(23)21-10-9-19)12-14-5-7-16(20)8-6-14/h2-8,11,17H,9-10,12H2,1H3,(H2,21,22,23). The van der Waals surface area contributed by atoms with Gasteiger partial charge in [-0.15, -0.1) is 0 Å². The van der Waals surface area contributed by atoms with Crippen molar-refractivity contribution in [3.63, 3.8) is 0 Å². The molecule has 2 rings (SSSR count). The Morgan fingerprint density at radius 1 is 1.17 bits per heavy atom. The average molecular weight is 318 g/mol. The van der Waals surface area contributed by atoms with Gasteiger partial charge in [0.15, 0.2) is 0 Å². The first-order chi connectivity index (χ1) is 11.1. The van der Waals surface area contributed by atoms with E-state index in [4.69, 9.17) is 0 Å². The largest absolute Gasteiger partial charge is 0.336 e. The highest BCUT2D eigenvalue weighted by Gasteiger charge is 2.15. The molecule has 2 aromatic carbocycles. The molecule has 23 heavy (non-hydrogen) atoms. The number of rotatable bonds is 6. The molecule has 0 saturated heterocycles. The Morgan fingerprint density at radius 2 is 1.91 bits per heavy atom. The Kier molecular flexibility index (Phi) is 6.09. The molecular formula is C18H20F2N2O. The summed E-state index contributed by atoms with van der Waals surface area (Å²) in [6.07, 6.45) is 0.521. The van der Waals surface area contributed by atoms with Crippen LogP contribution in [0.5, 0.6) is 0 Å². The summed E-state index contributed by atoms with van der Waals surface area (Å²) in [6.45, 7) is 1.34. The highest BCUT2D eigenvalue weighted by atomic mass is 19.1. The molecule has 1 unspecified atom stereocenters. The first-order valence-electron chi connectivity index (χ1n) is 7.50. The minimum atomic E-state index is -0.611. The molecule has 2 N–H and O–H groups in total. The smallest absolute Gasteiger partial charge is 0.315 e. The fourth-order valence-corrected chi connectivity index (χ4v) is 2.37. The van der Waals surface area contributed by atoms with Gasteiger partial charge in [0.1, 0.15) is 12.5 Å². The van der Waals surface area contributed by atoms with Crippen LogP contribution in [0.2, 0.25) is 0 Å². The molecule has 2 aromatic rings. The summed E-state index contributed by atoms with van der Waals surface area (Å²) in [5.74, 6) is -0.297. The summed E-state index contributed by atoms with van der Waals surface area (Å²) < 4.78 is 25.2. The number of hydrogen-bond acceptors (Lipinski definition) is 1. The highest BCUT2D eigenvalue weighted by Crippen LogP contribution is 2.20. The van der Waals surface area contributed by atoms with E-state index in [1.54, 1.807) is 12.1 Å². The molecule has 0 heterocycles. The minimum Gasteiger partial charge on any atom is -0.336 e. The Balaban J connectivity index is 2.16. The third-order valence-electron chi connectivity index (χ3n) is 3.48. The number of urea groups is 1. The molecule has 0 spiro atoms. The molecule has 1 atom stereocenters. The molecule has 0 aliphatic rings. The normalized spacial score (nSPS) is 11.8. The van der Waals surface area contributed by atoms with Crippen LogP contribution in [0.3, 0.4) is 0 Å². The van der Waals surface area contributed by atoms with Crippen LogP contribution in [0.1, 0.15) is 22.7 Å². The monoisotopic (exact) mass is 318 g/mol. The lowest BCUT2D eigenvalue weighted by molar-refractivity contribution is 0.236. The van der Waals surface area contributed by atoms with E-state index in [2.05, 4.69) is 10.6 Å². The third-order valence-corrected chi connectivity index (χ3v) is 3.48. The Hall–Kier alpha value is -2.43. The predicted molar refractivity (Wildman–Crippen MR) is 86.5 cm³/mol. The fraction of sp³-hybridized carbons (Fsp3) is 0.278. The summed E-state index contributed by atoms with van der Waals surface area (Å²) in [6, 6.07) is 13.3. The van der Waals surface area contributed by atoms with Crippen LogP contribution in [-0.2, 0) is 6.42 Å². The van der Waals surface area contributed by atoms with E-state index in [9.17, 15) is 13.6 Å². The second kappa shape index (κ2) is 8.27. The maximum Gasteiger partial charge on any atom is 0.315 e. The van der Waals surface area contributed by atoms with Crippen LogP contribution in [0.25, 0.3) is 0 Å². The minimum absolute atomic E-state index is 0.0249. The molecule has 122 valence electrons. The number of halogens is 2. The molecule has 0 aliphatic carbocycles. The van der Waals surface area contributed by atoms with Gasteiger partial charge in [-0.1, -0.05) is 42.0 Å². The summed E-state index contributed by atoms with van der Waals surface area (Å²) in [4.78, 5) is 11.9. The Morgan fingerprint density at radius 3 is 2.57 bits per heavy atom. The van der Waals surface area contributed by atoms with Gasteiger partial charge in [-0.25, -0.2) is 13.6 Å². The fourth-order valence-electron chi connectivity index (χ4n) is 2.37. The predicted octanol–water partition coefficient (Wildman–Crippen LogP) is 3.69. The summed E-state index contributed by atoms with van der Waals surface area (Å²) >= 11 is 0. The van der Waals surface area contributed by atoms with Gasteiger partial charge in [-0.05, 0) is 36.6 Å². The topological polar surface area (TPSA) is 41.1 Å². The summed E-state index contributed by atoms with van der Waals surface area (Å²) in [5.41, 5.74) is 2.94. The van der Waals surface area contributed by atoms with E-state index in [1.807, 2.05) is 31.2 Å². The summed E-state index contributed by atoms with van der Waals surface area (Å²) in [7, 11) is 0. The Labute approximate surface area is 134 Å². The molecule has 5 heteroatoms. The van der Waals surface area contributed by atoms with Crippen LogP contribution in [0.4, 0.5) is 13.6 Å². The van der Waals surface area contributed by atoms with Gasteiger partial charge in [0.2, 0.25) is 0 Å². The first-order valence-corrected chi connectivity index (χ1v) is 7.50. The van der Waals surface area contributed by atoms with Gasteiger partial charge in [0.05, 0.1) is 6.04 Å². The van der Waals surface area contributed by atoms with Crippen molar-refractivity contribution in [2.24, 2.45) is 0 Å². The van der Waals surface area contributed by atoms with Gasteiger partial charge < -0.3 is 10.6 Å². The number of hydrogen-bond donors (Lipinski definition) is 2. The lowest BCUT2D eigenvalue weighted by Gasteiger charge is -2.20. The lowest BCUT2D eigenvalue weighted by atomic mass is 9.97. The van der Waals surface area contributed by atoms with Gasteiger partial charge in [0.25, 0.3) is 0 Å². The number of benzene rings is 2. The van der Waals surface area contributed by atoms with Gasteiger partial charge in [-0.3, -0.25) is 0 Å². The van der Waals surface area contributed by atoms with Crippen LogP contribution in [0.15, 0.2) is 48.5 Å². The third kappa shape index (κ3) is 5.36. The second-order valence-corrected chi connectivity index (χ2v) is 5.39. The van der Waals surface area contributed by atoms with E-state index < -0.39 is 12.7 Å². The van der Waals surface area contributed by atoms with Gasteiger partial charge in [-0.2, -0.15) is 0 Å². The van der Waals surface area contributed by atoms with Gasteiger partial charge in [0, 0.05) is 6.54 Å². The van der Waals surface area contributed by atoms with E-state index in [1.165, 1.54) is 12.1 Å². The van der Waals surface area contributed by atoms with Crippen LogP contribution in [-0.4, -0.2) is 19.3 Å². The van der Waals surface area contributed by atoms with Crippen molar-refractivity contribution in [2.75, 3.05) is 13.2 Å². The molecule has 0 radical (unpaired) electrons. The number of carbonyl (C=O) groups excluding carboxylic acids is 1. The highest BCUT2D eigenvalue weighted by molar-refractivity contribution is 5.74. The van der Waals surface area contributed by atoms with Crippen LogP contribution >= 0.6 is 0 Å². The van der Waals surface area contributed by atoms with Crippen molar-refractivity contribution < 1.29 is 13.6 Å². The van der Waals surface area contributed by atoms with E-state index in [0.29, 0.717) is 6.42 Å². The molecule has 0 aromatic heterocycles. The quantitative estimate of drug-likeness (QED) is 0.838. The molecule has 0 saturated carbocycles. The zero-order valence-corrected chi connectivity index (χ0v) is 13.0. The maximum absolute atomic E-state index is 13.0. The number of amides is 2. The average Bonchev–Trinajstić information content (AvgIpc) is 2.54. The number of carbonyl (C=O) groups is 1. The van der Waals surface area contributed by atoms with Crippen molar-refractivity contribution in [3.05, 3.63) is 71.0 Å². The van der Waals surface area contributed by atoms with Crippen molar-refractivity contribution >= 4 is 6.03 Å². The summed E-state index contributed by atoms with van der Waals surface area (Å²) in [5, 5.41) is 5.30. The van der Waals surface area contributed by atoms with Crippen molar-refractivity contribution in [1.82, 2.24) is 10.6 Å². The van der Waals surface area contributed by atoms with Crippen LogP contribution in [0, 0.1) is 12.7 Å². The van der Waals surface area contributed by atoms with Crippen molar-refractivity contribution in [2.45, 2.75) is 19.4 Å². The lowest BCUT2D eigenvalue weighted by Crippen LogP contribution is -2.39. The first kappa shape index (κ1) is 16.9. The van der Waals surface area contributed by atoms with Crippen molar-refractivity contribution in [1.29, 1.82) is 0 Å². The van der Waals surface area contributed by atoms with Gasteiger partial charge >= 0.3 is 6.03 Å². The Bertz CT molecular complexity index is 644. The maximum atomic E-state index is 13.0. The number of aryl methyl sites for hydroxylation is 1. The van der Waals surface area contributed by atoms with E-state index in [-0.39, 0.29) is 18.4 Å². The molecule has 0 fully saturated rings. The zero-order valence-electron chi connectivity index (χ0n) is 13.0. The molecule has 2 amide bonds. The van der Waals surface area contributed by atoms with E-state index in [0.717, 1.165) is 16.7 Å².